The molecule has 1 atom stereocenters. The molecule has 0 fully saturated rings. The Labute approximate surface area is 471 Å². The summed E-state index contributed by atoms with van der Waals surface area (Å²) in [5.74, 6) is -0.899. The van der Waals surface area contributed by atoms with E-state index in [0.29, 0.717) is 19.3 Å². The topological polar surface area (TPSA) is 78.9 Å². The van der Waals surface area contributed by atoms with Gasteiger partial charge >= 0.3 is 17.9 Å². The Morgan fingerprint density at radius 1 is 0.276 bits per heavy atom. The maximum Gasteiger partial charge on any atom is 0.306 e. The molecule has 0 saturated heterocycles. The zero-order valence-electron chi connectivity index (χ0n) is 50.3. The van der Waals surface area contributed by atoms with Crippen LogP contribution in [0.5, 0.6) is 0 Å². The van der Waals surface area contributed by atoms with Gasteiger partial charge in [-0.1, -0.05) is 298 Å². The van der Waals surface area contributed by atoms with E-state index in [1.54, 1.807) is 0 Å². The molecule has 0 rings (SSSR count). The Morgan fingerprint density at radius 3 is 0.816 bits per heavy atom. The average molecular weight is 1060 g/mol. The third-order valence-electron chi connectivity index (χ3n) is 14.1. The minimum Gasteiger partial charge on any atom is -0.462 e. The van der Waals surface area contributed by atoms with E-state index in [0.717, 1.165) is 109 Å². The fourth-order valence-electron chi connectivity index (χ4n) is 9.33. The van der Waals surface area contributed by atoms with Crippen LogP contribution in [-0.2, 0) is 28.6 Å². The highest BCUT2D eigenvalue weighted by Gasteiger charge is 2.19. The largest absolute Gasteiger partial charge is 0.462 e. The molecular weight excluding hydrogens is 937 g/mol. The number of esters is 3. The maximum atomic E-state index is 12.8. The molecule has 0 aromatic heterocycles. The van der Waals surface area contributed by atoms with Gasteiger partial charge in [0.05, 0.1) is 0 Å². The van der Waals surface area contributed by atoms with E-state index in [9.17, 15) is 14.4 Å². The molecule has 0 spiro atoms. The number of rotatable bonds is 59. The first-order valence-corrected chi connectivity index (χ1v) is 32.6. The van der Waals surface area contributed by atoms with E-state index in [2.05, 4.69) is 106 Å². The van der Waals surface area contributed by atoms with Crippen LogP contribution in [0.3, 0.4) is 0 Å². The first-order valence-electron chi connectivity index (χ1n) is 32.6. The van der Waals surface area contributed by atoms with E-state index >= 15 is 0 Å². The van der Waals surface area contributed by atoms with Crippen LogP contribution in [0.2, 0.25) is 0 Å². The summed E-state index contributed by atoms with van der Waals surface area (Å²) in [5.41, 5.74) is 0. The van der Waals surface area contributed by atoms with Crippen molar-refractivity contribution in [2.75, 3.05) is 13.2 Å². The number of ether oxygens (including phenoxy) is 3. The SMILES string of the molecule is CC/C=C\C/C=C\C/C=C\C/C=C\CCCCCCCCCCCCCCCCCCCCCCC(=O)OCC(COC(=O)CCCCCCCCCCCCCC)OC(=O)CCCCC/C=C\C/C=C\C/C=C\CC. The van der Waals surface area contributed by atoms with Gasteiger partial charge in [0.2, 0.25) is 0 Å². The molecular formula is C70H122O6. The van der Waals surface area contributed by atoms with Crippen molar-refractivity contribution in [1.29, 1.82) is 0 Å². The van der Waals surface area contributed by atoms with Gasteiger partial charge in [0, 0.05) is 19.3 Å². The van der Waals surface area contributed by atoms with Gasteiger partial charge in [-0.3, -0.25) is 14.4 Å². The Morgan fingerprint density at radius 2 is 0.513 bits per heavy atom. The normalized spacial score (nSPS) is 12.6. The second kappa shape index (κ2) is 64.1. The molecule has 0 aromatic carbocycles. The first-order chi connectivity index (χ1) is 37.5. The van der Waals surface area contributed by atoms with Crippen molar-refractivity contribution in [3.63, 3.8) is 0 Å². The summed E-state index contributed by atoms with van der Waals surface area (Å²) in [4.78, 5) is 38.2. The molecule has 0 N–H and O–H groups in total. The molecule has 0 heterocycles. The highest BCUT2D eigenvalue weighted by molar-refractivity contribution is 5.71. The smallest absolute Gasteiger partial charge is 0.306 e. The molecule has 0 amide bonds. The van der Waals surface area contributed by atoms with Crippen LogP contribution in [0, 0.1) is 0 Å². The molecule has 0 aromatic rings. The number of hydrogen-bond donors (Lipinski definition) is 0. The molecule has 0 saturated carbocycles. The first kappa shape index (κ1) is 72.6. The Kier molecular flexibility index (Phi) is 61.2. The van der Waals surface area contributed by atoms with Gasteiger partial charge in [-0.25, -0.2) is 0 Å². The van der Waals surface area contributed by atoms with E-state index in [4.69, 9.17) is 14.2 Å². The van der Waals surface area contributed by atoms with Crippen LogP contribution in [0.25, 0.3) is 0 Å². The highest BCUT2D eigenvalue weighted by Crippen LogP contribution is 2.17. The third-order valence-corrected chi connectivity index (χ3v) is 14.1. The Bertz CT molecular complexity index is 1450. The van der Waals surface area contributed by atoms with Crippen LogP contribution < -0.4 is 0 Å². The van der Waals surface area contributed by atoms with Crippen LogP contribution >= 0.6 is 0 Å². The molecule has 0 radical (unpaired) electrons. The molecule has 0 aliphatic rings. The van der Waals surface area contributed by atoms with Gasteiger partial charge in [-0.15, -0.1) is 0 Å². The molecule has 76 heavy (non-hydrogen) atoms. The van der Waals surface area contributed by atoms with Crippen molar-refractivity contribution in [3.05, 3.63) is 85.1 Å². The van der Waals surface area contributed by atoms with Crippen LogP contribution in [0.15, 0.2) is 85.1 Å². The summed E-state index contributed by atoms with van der Waals surface area (Å²) in [6.07, 6.45) is 84.8. The number of carbonyl (C=O) groups is 3. The van der Waals surface area contributed by atoms with Gasteiger partial charge in [-0.05, 0) is 89.9 Å². The standard InChI is InChI=1S/C70H122O6/c1-4-7-10-13-16-19-22-25-26-27-28-29-30-31-32-33-34-35-36-37-38-39-40-41-42-43-44-46-48-51-54-57-60-63-69(72)75-66-67(65-74-68(71)62-59-56-53-50-47-24-21-18-15-12-9-6-3)76-70(73)64-61-58-55-52-49-45-23-20-17-14-11-8-5-2/h7-8,10-11,16-17,19-20,25-26,28-29,45,49,67H,4-6,9,12-15,18,21-24,27,30-44,46-48,50-66H2,1-3H3/b10-7-,11-8-,19-16-,20-17-,26-25-,29-28-,49-45-. The quantitative estimate of drug-likeness (QED) is 0.0261. The number of carbonyl (C=O) groups excluding carboxylic acids is 3. The van der Waals surface area contributed by atoms with E-state index in [-0.39, 0.29) is 31.1 Å². The lowest BCUT2D eigenvalue weighted by molar-refractivity contribution is -0.167. The molecule has 6 nitrogen and oxygen atoms in total. The van der Waals surface area contributed by atoms with Crippen molar-refractivity contribution >= 4 is 17.9 Å². The van der Waals surface area contributed by atoms with E-state index in [1.807, 2.05) is 0 Å². The molecule has 438 valence electrons. The van der Waals surface area contributed by atoms with Gasteiger partial charge < -0.3 is 14.2 Å². The van der Waals surface area contributed by atoms with Crippen molar-refractivity contribution in [2.24, 2.45) is 0 Å². The van der Waals surface area contributed by atoms with Gasteiger partial charge in [0.25, 0.3) is 0 Å². The van der Waals surface area contributed by atoms with Gasteiger partial charge in [-0.2, -0.15) is 0 Å². The monoisotopic (exact) mass is 1060 g/mol. The third kappa shape index (κ3) is 61.4. The summed E-state index contributed by atoms with van der Waals surface area (Å²) in [6.45, 7) is 6.41. The number of unbranched alkanes of at least 4 members (excludes halogenated alkanes) is 34. The van der Waals surface area contributed by atoms with E-state index in [1.165, 1.54) is 173 Å². The Balaban J connectivity index is 4.08. The summed E-state index contributed by atoms with van der Waals surface area (Å²) in [5, 5.41) is 0. The zero-order chi connectivity index (χ0) is 55.0. The number of allylic oxidation sites excluding steroid dienone is 14. The molecule has 6 heteroatoms. The van der Waals surface area contributed by atoms with E-state index < -0.39 is 6.10 Å². The van der Waals surface area contributed by atoms with Gasteiger partial charge in [0.1, 0.15) is 13.2 Å². The van der Waals surface area contributed by atoms with Crippen molar-refractivity contribution < 1.29 is 28.6 Å². The lowest BCUT2D eigenvalue weighted by atomic mass is 10.0. The number of hydrogen-bond acceptors (Lipinski definition) is 6. The lowest BCUT2D eigenvalue weighted by Gasteiger charge is -2.18. The highest BCUT2D eigenvalue weighted by atomic mass is 16.6. The summed E-state index contributed by atoms with van der Waals surface area (Å²) >= 11 is 0. The second-order valence-electron chi connectivity index (χ2n) is 21.6. The molecule has 0 aliphatic heterocycles. The second-order valence-corrected chi connectivity index (χ2v) is 21.6. The average Bonchev–Trinajstić information content (AvgIpc) is 3.42. The molecule has 0 bridgehead atoms. The summed E-state index contributed by atoms with van der Waals surface area (Å²) in [7, 11) is 0. The minimum atomic E-state index is -0.787. The summed E-state index contributed by atoms with van der Waals surface area (Å²) < 4.78 is 16.9. The maximum absolute atomic E-state index is 12.8. The fourth-order valence-corrected chi connectivity index (χ4v) is 9.33. The fraction of sp³-hybridized carbons (Fsp3) is 0.757. The van der Waals surface area contributed by atoms with Crippen LogP contribution in [0.1, 0.15) is 323 Å². The predicted octanol–water partition coefficient (Wildman–Crippen LogP) is 22.3. The lowest BCUT2D eigenvalue weighted by Crippen LogP contribution is -2.30. The van der Waals surface area contributed by atoms with Crippen LogP contribution in [-0.4, -0.2) is 37.2 Å². The van der Waals surface area contributed by atoms with Crippen molar-refractivity contribution in [1.82, 2.24) is 0 Å². The predicted molar refractivity (Wildman–Crippen MR) is 330 cm³/mol. The van der Waals surface area contributed by atoms with Crippen molar-refractivity contribution in [2.45, 2.75) is 329 Å². The van der Waals surface area contributed by atoms with Gasteiger partial charge in [0.15, 0.2) is 6.10 Å². The zero-order valence-corrected chi connectivity index (χ0v) is 50.3. The summed E-state index contributed by atoms with van der Waals surface area (Å²) in [6, 6.07) is 0. The Hall–Kier alpha value is -3.41. The molecule has 1 unspecified atom stereocenters. The van der Waals surface area contributed by atoms with Crippen molar-refractivity contribution in [3.8, 4) is 0 Å². The molecule has 0 aliphatic carbocycles. The van der Waals surface area contributed by atoms with Crippen LogP contribution in [0.4, 0.5) is 0 Å². The minimum absolute atomic E-state index is 0.0832.